The molecule has 0 rings (SSSR count). The van der Waals surface area contributed by atoms with E-state index in [1.54, 1.807) is 6.92 Å². The van der Waals surface area contributed by atoms with E-state index >= 15 is 0 Å². The average Bonchev–Trinajstić information content (AvgIpc) is 2.32. The van der Waals surface area contributed by atoms with Gasteiger partial charge in [0.25, 0.3) is 0 Å². The van der Waals surface area contributed by atoms with Crippen molar-refractivity contribution >= 4 is 5.97 Å². The van der Waals surface area contributed by atoms with Crippen LogP contribution in [0.2, 0.25) is 0 Å². The van der Waals surface area contributed by atoms with Crippen molar-refractivity contribution in [2.45, 2.75) is 33.7 Å². The van der Waals surface area contributed by atoms with Crippen molar-refractivity contribution in [3.8, 4) is 0 Å². The highest BCUT2D eigenvalue weighted by molar-refractivity contribution is 5.70. The SMILES string of the molecule is CCOCC(NCCOCC(=O)OCC)C(C)C. The fourth-order valence-corrected chi connectivity index (χ4v) is 1.41. The molecule has 0 bridgehead atoms. The summed E-state index contributed by atoms with van der Waals surface area (Å²) in [7, 11) is 0. The number of carbonyl (C=O) groups is 1. The molecular weight excluding hydrogens is 234 g/mol. The smallest absolute Gasteiger partial charge is 0.332 e. The highest BCUT2D eigenvalue weighted by Crippen LogP contribution is 2.01. The maximum absolute atomic E-state index is 11.0. The molecule has 5 heteroatoms. The van der Waals surface area contributed by atoms with Crippen molar-refractivity contribution in [2.75, 3.05) is 39.6 Å². The van der Waals surface area contributed by atoms with Crippen molar-refractivity contribution in [1.82, 2.24) is 5.32 Å². The minimum atomic E-state index is -0.313. The van der Waals surface area contributed by atoms with Crippen LogP contribution < -0.4 is 5.32 Å². The molecule has 0 fully saturated rings. The van der Waals surface area contributed by atoms with Crippen LogP contribution in [0.3, 0.4) is 0 Å². The van der Waals surface area contributed by atoms with E-state index in [2.05, 4.69) is 19.2 Å². The first kappa shape index (κ1) is 17.4. The fraction of sp³-hybridized carbons (Fsp3) is 0.923. The third-order valence-electron chi connectivity index (χ3n) is 2.48. The Balaban J connectivity index is 3.57. The van der Waals surface area contributed by atoms with Crippen molar-refractivity contribution < 1.29 is 19.0 Å². The largest absolute Gasteiger partial charge is 0.464 e. The lowest BCUT2D eigenvalue weighted by Gasteiger charge is -2.22. The molecule has 5 nitrogen and oxygen atoms in total. The maximum atomic E-state index is 11.0. The third-order valence-corrected chi connectivity index (χ3v) is 2.48. The molecule has 0 spiro atoms. The fourth-order valence-electron chi connectivity index (χ4n) is 1.41. The zero-order valence-corrected chi connectivity index (χ0v) is 12.0. The second-order valence-electron chi connectivity index (χ2n) is 4.32. The summed E-state index contributed by atoms with van der Waals surface area (Å²) < 4.78 is 15.4. The second kappa shape index (κ2) is 11.4. The van der Waals surface area contributed by atoms with Crippen LogP contribution in [0.5, 0.6) is 0 Å². The van der Waals surface area contributed by atoms with Gasteiger partial charge in [-0.1, -0.05) is 13.8 Å². The van der Waals surface area contributed by atoms with E-state index in [1.165, 1.54) is 0 Å². The number of ether oxygens (including phenoxy) is 3. The van der Waals surface area contributed by atoms with Gasteiger partial charge in [0.2, 0.25) is 0 Å². The van der Waals surface area contributed by atoms with Crippen LogP contribution in [0, 0.1) is 5.92 Å². The highest BCUT2D eigenvalue weighted by atomic mass is 16.6. The van der Waals surface area contributed by atoms with Crippen LogP contribution in [-0.2, 0) is 19.0 Å². The van der Waals surface area contributed by atoms with Gasteiger partial charge in [0, 0.05) is 19.2 Å². The van der Waals surface area contributed by atoms with Crippen LogP contribution in [0.25, 0.3) is 0 Å². The summed E-state index contributed by atoms with van der Waals surface area (Å²) in [4.78, 5) is 11.0. The molecule has 0 amide bonds. The van der Waals surface area contributed by atoms with Crippen molar-refractivity contribution in [3.05, 3.63) is 0 Å². The van der Waals surface area contributed by atoms with E-state index < -0.39 is 0 Å². The Morgan fingerprint density at radius 3 is 2.44 bits per heavy atom. The van der Waals surface area contributed by atoms with Gasteiger partial charge in [-0.25, -0.2) is 4.79 Å². The van der Waals surface area contributed by atoms with E-state index in [9.17, 15) is 4.79 Å². The van der Waals surface area contributed by atoms with Crippen LogP contribution in [0.15, 0.2) is 0 Å². The monoisotopic (exact) mass is 261 g/mol. The molecule has 0 aliphatic heterocycles. The molecular formula is C13H27NO4. The van der Waals surface area contributed by atoms with Gasteiger partial charge >= 0.3 is 5.97 Å². The van der Waals surface area contributed by atoms with Crippen molar-refractivity contribution in [2.24, 2.45) is 5.92 Å². The number of nitrogens with one attached hydrogen (secondary N) is 1. The zero-order valence-electron chi connectivity index (χ0n) is 12.0. The number of carbonyl (C=O) groups excluding carboxylic acids is 1. The number of rotatable bonds is 11. The molecule has 0 saturated heterocycles. The Labute approximate surface area is 110 Å². The summed E-state index contributed by atoms with van der Waals surface area (Å²) in [5, 5.41) is 3.36. The summed E-state index contributed by atoms with van der Waals surface area (Å²) in [6, 6.07) is 0.316. The Kier molecular flexibility index (Phi) is 11.0. The summed E-state index contributed by atoms with van der Waals surface area (Å²) >= 11 is 0. The van der Waals surface area contributed by atoms with Gasteiger partial charge in [-0.05, 0) is 19.8 Å². The van der Waals surface area contributed by atoms with E-state index in [4.69, 9.17) is 14.2 Å². The highest BCUT2D eigenvalue weighted by Gasteiger charge is 2.12. The number of esters is 1. The Bertz CT molecular complexity index is 209. The lowest BCUT2D eigenvalue weighted by atomic mass is 10.1. The van der Waals surface area contributed by atoms with Crippen LogP contribution in [0.4, 0.5) is 0 Å². The molecule has 0 aliphatic rings. The predicted octanol–water partition coefficient (Wildman–Crippen LogP) is 1.22. The van der Waals surface area contributed by atoms with Crippen LogP contribution >= 0.6 is 0 Å². The van der Waals surface area contributed by atoms with Gasteiger partial charge in [-0.2, -0.15) is 0 Å². The molecule has 1 unspecified atom stereocenters. The summed E-state index contributed by atoms with van der Waals surface area (Å²) in [5.41, 5.74) is 0. The number of hydrogen-bond acceptors (Lipinski definition) is 5. The normalized spacial score (nSPS) is 12.7. The summed E-state index contributed by atoms with van der Waals surface area (Å²) in [6.07, 6.45) is 0. The minimum absolute atomic E-state index is 0.0212. The minimum Gasteiger partial charge on any atom is -0.464 e. The summed E-state index contributed by atoms with van der Waals surface area (Å²) in [6.45, 7) is 11.1. The molecule has 0 aliphatic carbocycles. The molecule has 0 radical (unpaired) electrons. The Morgan fingerprint density at radius 2 is 1.89 bits per heavy atom. The first-order chi connectivity index (χ1) is 8.61. The first-order valence-corrected chi connectivity index (χ1v) is 6.66. The molecule has 0 aromatic heterocycles. The van der Waals surface area contributed by atoms with E-state index in [0.717, 1.165) is 6.61 Å². The third kappa shape index (κ3) is 9.39. The van der Waals surface area contributed by atoms with E-state index in [1.807, 2.05) is 6.92 Å². The molecule has 0 aromatic rings. The zero-order chi connectivity index (χ0) is 13.8. The second-order valence-corrected chi connectivity index (χ2v) is 4.32. The van der Waals surface area contributed by atoms with Gasteiger partial charge in [-0.15, -0.1) is 0 Å². The molecule has 1 N–H and O–H groups in total. The van der Waals surface area contributed by atoms with Gasteiger partial charge in [0.15, 0.2) is 0 Å². The topological polar surface area (TPSA) is 56.8 Å². The lowest BCUT2D eigenvalue weighted by Crippen LogP contribution is -2.40. The van der Waals surface area contributed by atoms with E-state index in [0.29, 0.717) is 38.3 Å². The van der Waals surface area contributed by atoms with E-state index in [-0.39, 0.29) is 12.6 Å². The Morgan fingerprint density at radius 1 is 1.17 bits per heavy atom. The van der Waals surface area contributed by atoms with Crippen molar-refractivity contribution in [1.29, 1.82) is 0 Å². The average molecular weight is 261 g/mol. The summed E-state index contributed by atoms with van der Waals surface area (Å²) in [5.74, 6) is 0.189. The van der Waals surface area contributed by atoms with Gasteiger partial charge in [0.1, 0.15) is 6.61 Å². The molecule has 0 heterocycles. The van der Waals surface area contributed by atoms with Crippen LogP contribution in [0.1, 0.15) is 27.7 Å². The Hall–Kier alpha value is -0.650. The standard InChI is InChI=1S/C13H27NO4/c1-5-16-9-12(11(3)4)14-7-8-17-10-13(15)18-6-2/h11-12,14H,5-10H2,1-4H3. The molecule has 18 heavy (non-hydrogen) atoms. The number of hydrogen-bond donors (Lipinski definition) is 1. The van der Waals surface area contributed by atoms with Gasteiger partial charge in [0.05, 0.1) is 19.8 Å². The first-order valence-electron chi connectivity index (χ1n) is 6.66. The molecule has 108 valence electrons. The molecule has 0 saturated carbocycles. The molecule has 1 atom stereocenters. The van der Waals surface area contributed by atoms with Crippen molar-refractivity contribution in [3.63, 3.8) is 0 Å². The quantitative estimate of drug-likeness (QED) is 0.447. The van der Waals surface area contributed by atoms with Crippen LogP contribution in [-0.4, -0.2) is 51.6 Å². The maximum Gasteiger partial charge on any atom is 0.332 e. The predicted molar refractivity (Wildman–Crippen MR) is 70.6 cm³/mol. The van der Waals surface area contributed by atoms with Gasteiger partial charge in [-0.3, -0.25) is 0 Å². The lowest BCUT2D eigenvalue weighted by molar-refractivity contribution is -0.148. The van der Waals surface area contributed by atoms with Gasteiger partial charge < -0.3 is 19.5 Å². The molecule has 0 aromatic carbocycles.